The molecule has 0 aromatic heterocycles. The van der Waals surface area contributed by atoms with Crippen molar-refractivity contribution >= 4 is 8.56 Å². The van der Waals surface area contributed by atoms with E-state index in [0.29, 0.717) is 0 Å². The molecule has 0 rings (SSSR count). The molecule has 0 radical (unpaired) electrons. The summed E-state index contributed by atoms with van der Waals surface area (Å²) in [5, 5.41) is 0. The van der Waals surface area contributed by atoms with Crippen molar-refractivity contribution < 1.29 is 22.0 Å². The van der Waals surface area contributed by atoms with E-state index in [2.05, 4.69) is 0 Å². The lowest BCUT2D eigenvalue weighted by molar-refractivity contribution is -0.0596. The Bertz CT molecular complexity index is 223. The maximum Gasteiger partial charge on any atom is 0.417 e. The van der Waals surface area contributed by atoms with E-state index in [4.69, 9.17) is 8.85 Å². The molecule has 0 aromatic rings. The number of hydrogen-bond acceptors (Lipinski definition) is 2. The van der Waals surface area contributed by atoms with Crippen LogP contribution >= 0.6 is 0 Å². The molecule has 0 aliphatic rings. The van der Waals surface area contributed by atoms with Crippen LogP contribution in [0.15, 0.2) is 0 Å². The van der Waals surface area contributed by atoms with E-state index in [9.17, 15) is 13.2 Å². The van der Waals surface area contributed by atoms with Crippen LogP contribution in [-0.2, 0) is 8.85 Å². The van der Waals surface area contributed by atoms with Gasteiger partial charge < -0.3 is 8.85 Å². The van der Waals surface area contributed by atoms with Gasteiger partial charge in [0.2, 0.25) is 0 Å². The molecule has 1 unspecified atom stereocenters. The van der Waals surface area contributed by atoms with Crippen LogP contribution in [0, 0.1) is 0 Å². The maximum atomic E-state index is 14.0. The van der Waals surface area contributed by atoms with Crippen molar-refractivity contribution in [2.75, 3.05) is 0 Å². The quantitative estimate of drug-likeness (QED) is 0.656. The summed E-state index contributed by atoms with van der Waals surface area (Å²) in [5.41, 5.74) is -3.55. The Kier molecular flexibility index (Phi) is 6.17. The van der Waals surface area contributed by atoms with Crippen LogP contribution in [0.5, 0.6) is 0 Å². The largest absolute Gasteiger partial charge is 0.417 e. The lowest BCUT2D eigenvalue weighted by Crippen LogP contribution is -2.63. The molecule has 0 aliphatic carbocycles. The minimum atomic E-state index is -3.89. The highest BCUT2D eigenvalue weighted by molar-refractivity contribution is 6.70. The van der Waals surface area contributed by atoms with Crippen LogP contribution in [0.4, 0.5) is 13.2 Å². The number of halogens is 3. The van der Waals surface area contributed by atoms with Crippen molar-refractivity contribution in [3.63, 3.8) is 0 Å². The minimum Gasteiger partial charge on any atom is -0.388 e. The predicted molar refractivity (Wildman–Crippen MR) is 64.2 cm³/mol. The second kappa shape index (κ2) is 6.20. The van der Waals surface area contributed by atoms with E-state index in [-0.39, 0.29) is 6.04 Å². The SMILES string of the molecule is CC[Si](OC(C)C)(OC(C)C)C(F)(F)C(C)F. The fourth-order valence-corrected chi connectivity index (χ4v) is 4.96. The van der Waals surface area contributed by atoms with Gasteiger partial charge >= 0.3 is 14.1 Å². The number of hydrogen-bond donors (Lipinski definition) is 0. The van der Waals surface area contributed by atoms with Crippen LogP contribution in [0.3, 0.4) is 0 Å². The Labute approximate surface area is 103 Å². The monoisotopic (exact) mass is 272 g/mol. The van der Waals surface area contributed by atoms with E-state index in [1.165, 1.54) is 0 Å². The molecule has 0 aliphatic heterocycles. The van der Waals surface area contributed by atoms with Gasteiger partial charge in [-0.1, -0.05) is 6.92 Å². The first-order valence-corrected chi connectivity index (χ1v) is 7.99. The van der Waals surface area contributed by atoms with E-state index in [1.54, 1.807) is 34.6 Å². The molecule has 0 aromatic carbocycles. The van der Waals surface area contributed by atoms with Crippen molar-refractivity contribution in [1.82, 2.24) is 0 Å². The smallest absolute Gasteiger partial charge is 0.388 e. The Morgan fingerprint density at radius 3 is 1.53 bits per heavy atom. The zero-order chi connectivity index (χ0) is 13.9. The van der Waals surface area contributed by atoms with E-state index < -0.39 is 32.5 Å². The van der Waals surface area contributed by atoms with Gasteiger partial charge in [-0.15, -0.1) is 0 Å². The summed E-state index contributed by atoms with van der Waals surface area (Å²) in [6, 6.07) is 0.0185. The summed E-state index contributed by atoms with van der Waals surface area (Å²) in [6.07, 6.45) is -3.10. The van der Waals surface area contributed by atoms with Crippen LogP contribution in [0.25, 0.3) is 0 Å². The lowest BCUT2D eigenvalue weighted by Gasteiger charge is -2.39. The summed E-state index contributed by atoms with van der Waals surface area (Å²) in [6.45, 7) is 9.03. The maximum absolute atomic E-state index is 14.0. The van der Waals surface area contributed by atoms with Gasteiger partial charge in [0.15, 0.2) is 6.17 Å². The van der Waals surface area contributed by atoms with E-state index >= 15 is 0 Å². The molecule has 17 heavy (non-hydrogen) atoms. The van der Waals surface area contributed by atoms with Gasteiger partial charge in [-0.3, -0.25) is 0 Å². The average molecular weight is 272 g/mol. The van der Waals surface area contributed by atoms with Gasteiger partial charge in [-0.25, -0.2) is 13.2 Å². The minimum absolute atomic E-state index is 0.0185. The summed E-state index contributed by atoms with van der Waals surface area (Å²) < 4.78 is 51.9. The number of rotatable bonds is 7. The molecule has 1 atom stereocenters. The van der Waals surface area contributed by atoms with Crippen molar-refractivity contribution in [3.8, 4) is 0 Å². The predicted octanol–water partition coefficient (Wildman–Crippen LogP) is 3.83. The zero-order valence-corrected chi connectivity index (χ0v) is 12.4. The van der Waals surface area contributed by atoms with Crippen LogP contribution in [-0.4, -0.2) is 32.5 Å². The first-order chi connectivity index (χ1) is 7.59. The van der Waals surface area contributed by atoms with Crippen LogP contribution in [0.1, 0.15) is 41.5 Å². The Morgan fingerprint density at radius 2 is 1.35 bits per heavy atom. The second-order valence-corrected chi connectivity index (χ2v) is 8.03. The fraction of sp³-hybridized carbons (Fsp3) is 1.00. The van der Waals surface area contributed by atoms with Gasteiger partial charge in [0.05, 0.1) is 0 Å². The molecule has 0 amide bonds. The third-order valence-electron chi connectivity index (χ3n) is 2.33. The van der Waals surface area contributed by atoms with Crippen molar-refractivity contribution in [2.24, 2.45) is 0 Å². The van der Waals surface area contributed by atoms with Gasteiger partial charge in [-0.2, -0.15) is 0 Å². The van der Waals surface area contributed by atoms with Gasteiger partial charge in [-0.05, 0) is 40.7 Å². The van der Waals surface area contributed by atoms with Crippen molar-refractivity contribution in [1.29, 1.82) is 0 Å². The summed E-state index contributed by atoms with van der Waals surface area (Å²) in [5.74, 6) is 0. The van der Waals surface area contributed by atoms with Crippen LogP contribution < -0.4 is 0 Å². The highest BCUT2D eigenvalue weighted by Crippen LogP contribution is 2.38. The molecule has 0 spiro atoms. The molecular formula is C11H23F3O2Si. The molecule has 0 fully saturated rings. The average Bonchev–Trinajstić information content (AvgIpc) is 2.14. The fourth-order valence-electron chi connectivity index (χ4n) is 1.65. The molecule has 0 saturated heterocycles. The van der Waals surface area contributed by atoms with E-state index in [1.807, 2.05) is 0 Å². The zero-order valence-electron chi connectivity index (χ0n) is 11.4. The van der Waals surface area contributed by atoms with Crippen LogP contribution in [0.2, 0.25) is 6.04 Å². The highest BCUT2D eigenvalue weighted by atomic mass is 28.4. The molecule has 2 nitrogen and oxygen atoms in total. The summed E-state index contributed by atoms with van der Waals surface area (Å²) >= 11 is 0. The summed E-state index contributed by atoms with van der Waals surface area (Å²) in [4.78, 5) is 0. The molecule has 0 bridgehead atoms. The third kappa shape index (κ3) is 3.96. The topological polar surface area (TPSA) is 18.5 Å². The Balaban J connectivity index is 5.31. The Morgan fingerprint density at radius 1 is 1.00 bits per heavy atom. The van der Waals surface area contributed by atoms with Gasteiger partial charge in [0, 0.05) is 12.2 Å². The molecule has 0 N–H and O–H groups in total. The standard InChI is InChI=1S/C11H23F3O2Si/c1-7-17(15-8(2)3,16-9(4)5)11(13,14)10(6)12/h8-10H,7H2,1-6H3. The number of alkyl halides is 3. The van der Waals surface area contributed by atoms with Gasteiger partial charge in [0.25, 0.3) is 0 Å². The Hall–Kier alpha value is -0.0731. The first kappa shape index (κ1) is 16.9. The lowest BCUT2D eigenvalue weighted by atomic mass is 10.5. The first-order valence-electron chi connectivity index (χ1n) is 5.96. The summed E-state index contributed by atoms with van der Waals surface area (Å²) in [7, 11) is -3.89. The molecule has 104 valence electrons. The second-order valence-electron chi connectivity index (χ2n) is 4.68. The molecule has 0 saturated carbocycles. The molecule has 0 heterocycles. The molecular weight excluding hydrogens is 249 g/mol. The van der Waals surface area contributed by atoms with Gasteiger partial charge in [0.1, 0.15) is 0 Å². The highest BCUT2D eigenvalue weighted by Gasteiger charge is 2.64. The third-order valence-corrected chi connectivity index (χ3v) is 6.37. The normalized spacial score (nSPS) is 15.7. The molecule has 6 heteroatoms. The van der Waals surface area contributed by atoms with Crippen molar-refractivity contribution in [3.05, 3.63) is 0 Å². The van der Waals surface area contributed by atoms with E-state index in [0.717, 1.165) is 6.92 Å². The van der Waals surface area contributed by atoms with Crippen molar-refractivity contribution in [2.45, 2.75) is 71.5 Å².